The van der Waals surface area contributed by atoms with Crippen LogP contribution in [0.1, 0.15) is 30.3 Å². The lowest BCUT2D eigenvalue weighted by atomic mass is 10.1. The van der Waals surface area contributed by atoms with Crippen LogP contribution < -0.4 is 5.32 Å². The van der Waals surface area contributed by atoms with Crippen LogP contribution in [0.4, 0.5) is 0 Å². The highest BCUT2D eigenvalue weighted by molar-refractivity contribution is 5.24. The fourth-order valence-corrected chi connectivity index (χ4v) is 1.89. The van der Waals surface area contributed by atoms with E-state index in [4.69, 9.17) is 10.2 Å². The summed E-state index contributed by atoms with van der Waals surface area (Å²) in [5.41, 5.74) is 3.22. The zero-order valence-electron chi connectivity index (χ0n) is 10.9. The number of aromatic nitrogens is 2. The summed E-state index contributed by atoms with van der Waals surface area (Å²) in [6.07, 6.45) is 0.902. The van der Waals surface area contributed by atoms with Crippen molar-refractivity contribution in [3.05, 3.63) is 17.0 Å². The maximum atomic E-state index is 9.12. The molecule has 5 nitrogen and oxygen atoms in total. The van der Waals surface area contributed by atoms with Crippen LogP contribution in [0.5, 0.6) is 0 Å². The molecule has 0 saturated carbocycles. The van der Waals surface area contributed by atoms with E-state index in [1.807, 2.05) is 25.5 Å². The van der Waals surface area contributed by atoms with Crippen molar-refractivity contribution in [2.24, 2.45) is 0 Å². The minimum Gasteiger partial charge on any atom is -0.395 e. The van der Waals surface area contributed by atoms with Crippen molar-refractivity contribution >= 4 is 0 Å². The van der Waals surface area contributed by atoms with Crippen molar-refractivity contribution in [3.63, 3.8) is 0 Å². The van der Waals surface area contributed by atoms with Crippen LogP contribution in [-0.4, -0.2) is 39.2 Å². The van der Waals surface area contributed by atoms with E-state index in [0.29, 0.717) is 13.1 Å². The van der Waals surface area contributed by atoms with Gasteiger partial charge in [0.2, 0.25) is 0 Å². The van der Waals surface area contributed by atoms with Crippen LogP contribution >= 0.6 is 0 Å². The van der Waals surface area contributed by atoms with Gasteiger partial charge < -0.3 is 15.5 Å². The van der Waals surface area contributed by atoms with Gasteiger partial charge in [0.25, 0.3) is 0 Å². The van der Waals surface area contributed by atoms with Gasteiger partial charge in [-0.1, -0.05) is 6.92 Å². The molecule has 98 valence electrons. The van der Waals surface area contributed by atoms with Gasteiger partial charge in [0, 0.05) is 23.8 Å². The molecule has 0 radical (unpaired) electrons. The van der Waals surface area contributed by atoms with Crippen LogP contribution in [0.15, 0.2) is 0 Å². The van der Waals surface area contributed by atoms with Gasteiger partial charge in [-0.15, -0.1) is 0 Å². The van der Waals surface area contributed by atoms with Crippen LogP contribution in [0.3, 0.4) is 0 Å². The van der Waals surface area contributed by atoms with Gasteiger partial charge in [0.05, 0.1) is 25.5 Å². The zero-order valence-corrected chi connectivity index (χ0v) is 10.9. The van der Waals surface area contributed by atoms with Gasteiger partial charge in [-0.05, 0) is 20.3 Å². The Hall–Kier alpha value is -0.910. The molecule has 1 unspecified atom stereocenters. The SMILES string of the molecule is CCC(CO)NCc1c(C)nn(CCO)c1C. The second kappa shape index (κ2) is 6.74. The fourth-order valence-electron chi connectivity index (χ4n) is 1.89. The third kappa shape index (κ3) is 3.52. The Morgan fingerprint density at radius 3 is 2.59 bits per heavy atom. The third-order valence-corrected chi connectivity index (χ3v) is 3.12. The number of hydrogen-bond donors (Lipinski definition) is 3. The van der Waals surface area contributed by atoms with Gasteiger partial charge in [-0.3, -0.25) is 4.68 Å². The first-order valence-electron chi connectivity index (χ1n) is 6.12. The molecule has 1 aromatic heterocycles. The first-order chi connectivity index (χ1) is 8.13. The highest BCUT2D eigenvalue weighted by Gasteiger charge is 2.12. The van der Waals surface area contributed by atoms with Crippen molar-refractivity contribution < 1.29 is 10.2 Å². The maximum Gasteiger partial charge on any atom is 0.0644 e. The summed E-state index contributed by atoms with van der Waals surface area (Å²) in [4.78, 5) is 0. The van der Waals surface area contributed by atoms with Gasteiger partial charge in [-0.25, -0.2) is 0 Å². The van der Waals surface area contributed by atoms with E-state index in [1.54, 1.807) is 0 Å². The summed E-state index contributed by atoms with van der Waals surface area (Å²) in [7, 11) is 0. The molecule has 1 heterocycles. The fraction of sp³-hybridized carbons (Fsp3) is 0.750. The molecule has 0 aliphatic heterocycles. The van der Waals surface area contributed by atoms with Crippen LogP contribution in [0.25, 0.3) is 0 Å². The molecule has 0 aliphatic rings. The maximum absolute atomic E-state index is 9.12. The molecular weight excluding hydrogens is 218 g/mol. The highest BCUT2D eigenvalue weighted by atomic mass is 16.3. The van der Waals surface area contributed by atoms with Gasteiger partial charge in [-0.2, -0.15) is 5.10 Å². The van der Waals surface area contributed by atoms with Crippen LogP contribution in [0.2, 0.25) is 0 Å². The molecule has 5 heteroatoms. The summed E-state index contributed by atoms with van der Waals surface area (Å²) in [6, 6.07) is 0.134. The molecule has 1 atom stereocenters. The smallest absolute Gasteiger partial charge is 0.0644 e. The molecule has 0 bridgehead atoms. The lowest BCUT2D eigenvalue weighted by molar-refractivity contribution is 0.238. The van der Waals surface area contributed by atoms with E-state index in [2.05, 4.69) is 10.4 Å². The molecule has 1 rings (SSSR count). The van der Waals surface area contributed by atoms with E-state index in [9.17, 15) is 0 Å². The molecule has 0 amide bonds. The first-order valence-corrected chi connectivity index (χ1v) is 6.12. The topological polar surface area (TPSA) is 70.3 Å². The standard InChI is InChI=1S/C12H23N3O2/c1-4-11(8-17)13-7-12-9(2)14-15(5-6-16)10(12)3/h11,13,16-17H,4-8H2,1-3H3. The Labute approximate surface area is 102 Å². The quantitative estimate of drug-likeness (QED) is 0.644. The van der Waals surface area contributed by atoms with E-state index in [0.717, 1.165) is 23.4 Å². The highest BCUT2D eigenvalue weighted by Crippen LogP contribution is 2.13. The third-order valence-electron chi connectivity index (χ3n) is 3.12. The number of aliphatic hydroxyl groups excluding tert-OH is 2. The largest absolute Gasteiger partial charge is 0.395 e. The number of aryl methyl sites for hydroxylation is 1. The van der Waals surface area contributed by atoms with Crippen molar-refractivity contribution in [2.75, 3.05) is 13.2 Å². The van der Waals surface area contributed by atoms with E-state index in [-0.39, 0.29) is 19.3 Å². The second-order valence-electron chi connectivity index (χ2n) is 4.26. The molecule has 3 N–H and O–H groups in total. The monoisotopic (exact) mass is 241 g/mol. The molecule has 0 aromatic carbocycles. The molecule has 0 aliphatic carbocycles. The molecule has 0 spiro atoms. The first kappa shape index (κ1) is 14.2. The Bertz CT molecular complexity index is 346. The van der Waals surface area contributed by atoms with Crippen molar-refractivity contribution in [1.29, 1.82) is 0 Å². The molecular formula is C12H23N3O2. The zero-order chi connectivity index (χ0) is 12.8. The average Bonchev–Trinajstić information content (AvgIpc) is 2.58. The minimum absolute atomic E-state index is 0.100. The normalized spacial score (nSPS) is 13.0. The van der Waals surface area contributed by atoms with Crippen LogP contribution in [0, 0.1) is 13.8 Å². The summed E-state index contributed by atoms with van der Waals surface area (Å²) in [5.74, 6) is 0. The molecule has 0 saturated heterocycles. The molecule has 17 heavy (non-hydrogen) atoms. The van der Waals surface area contributed by atoms with E-state index < -0.39 is 0 Å². The Morgan fingerprint density at radius 2 is 2.06 bits per heavy atom. The summed E-state index contributed by atoms with van der Waals surface area (Å²) < 4.78 is 1.83. The van der Waals surface area contributed by atoms with Crippen molar-refractivity contribution in [2.45, 2.75) is 46.3 Å². The summed E-state index contributed by atoms with van der Waals surface area (Å²) in [6.45, 7) is 7.52. The Kier molecular flexibility index (Phi) is 5.61. The average molecular weight is 241 g/mol. The summed E-state index contributed by atoms with van der Waals surface area (Å²) >= 11 is 0. The predicted octanol–water partition coefficient (Wildman–Crippen LogP) is 0.353. The van der Waals surface area contributed by atoms with E-state index >= 15 is 0 Å². The number of hydrogen-bond acceptors (Lipinski definition) is 4. The Balaban J connectivity index is 2.70. The predicted molar refractivity (Wildman–Crippen MR) is 66.8 cm³/mol. The van der Waals surface area contributed by atoms with Crippen LogP contribution in [-0.2, 0) is 13.1 Å². The number of nitrogens with zero attached hydrogens (tertiary/aromatic N) is 2. The lowest BCUT2D eigenvalue weighted by Gasteiger charge is -2.14. The number of rotatable bonds is 7. The van der Waals surface area contributed by atoms with Crippen molar-refractivity contribution in [1.82, 2.24) is 15.1 Å². The van der Waals surface area contributed by atoms with Gasteiger partial charge >= 0.3 is 0 Å². The van der Waals surface area contributed by atoms with E-state index in [1.165, 1.54) is 0 Å². The van der Waals surface area contributed by atoms with Crippen molar-refractivity contribution in [3.8, 4) is 0 Å². The Morgan fingerprint density at radius 1 is 1.35 bits per heavy atom. The molecule has 1 aromatic rings. The lowest BCUT2D eigenvalue weighted by Crippen LogP contribution is -2.31. The second-order valence-corrected chi connectivity index (χ2v) is 4.26. The summed E-state index contributed by atoms with van der Waals surface area (Å²) in [5, 5.41) is 25.7. The molecule has 0 fully saturated rings. The number of aliphatic hydroxyl groups is 2. The number of nitrogens with one attached hydrogen (secondary N) is 1. The minimum atomic E-state index is 0.100. The van der Waals surface area contributed by atoms with Gasteiger partial charge in [0.1, 0.15) is 0 Å². The van der Waals surface area contributed by atoms with Gasteiger partial charge in [0.15, 0.2) is 0 Å².